The molecule has 1 atom stereocenters. The van der Waals surface area contributed by atoms with Crippen LogP contribution in [0.4, 0.5) is 0 Å². The zero-order chi connectivity index (χ0) is 24.4. The molecule has 0 fully saturated rings. The third-order valence-corrected chi connectivity index (χ3v) is 8.27. The summed E-state index contributed by atoms with van der Waals surface area (Å²) < 4.78 is 8.30. The van der Waals surface area contributed by atoms with Crippen molar-refractivity contribution >= 4 is 31.9 Å². The van der Waals surface area contributed by atoms with Crippen LogP contribution in [0.25, 0.3) is 11.1 Å². The molecule has 3 heteroatoms. The van der Waals surface area contributed by atoms with Gasteiger partial charge in [0.15, 0.2) is 0 Å². The molecule has 0 saturated carbocycles. The largest absolute Gasteiger partial charge is 0.494 e. The SMILES string of the molecule is CCCCCCOc1ccc(C2(c3ccc(C)cc3)c3cc(Br)ccc3-c3c(Br)cccc32)cc1. The first-order valence-corrected chi connectivity index (χ1v) is 14.0. The molecule has 1 aliphatic carbocycles. The van der Waals surface area contributed by atoms with Gasteiger partial charge in [0.05, 0.1) is 12.0 Å². The summed E-state index contributed by atoms with van der Waals surface area (Å²) in [6.07, 6.45) is 4.84. The van der Waals surface area contributed by atoms with Crippen molar-refractivity contribution in [2.75, 3.05) is 6.61 Å². The predicted molar refractivity (Wildman–Crippen MR) is 154 cm³/mol. The molecule has 0 heterocycles. The maximum absolute atomic E-state index is 6.09. The molecule has 0 spiro atoms. The Hall–Kier alpha value is -2.36. The van der Waals surface area contributed by atoms with Gasteiger partial charge in [-0.05, 0) is 71.5 Å². The van der Waals surface area contributed by atoms with Gasteiger partial charge in [-0.15, -0.1) is 0 Å². The number of hydrogen-bond donors (Lipinski definition) is 0. The molecule has 1 aliphatic rings. The van der Waals surface area contributed by atoms with Gasteiger partial charge < -0.3 is 4.74 Å². The molecule has 0 bridgehead atoms. The minimum Gasteiger partial charge on any atom is -0.494 e. The van der Waals surface area contributed by atoms with Crippen LogP contribution in [0.15, 0.2) is 93.9 Å². The van der Waals surface area contributed by atoms with Gasteiger partial charge in [0.2, 0.25) is 0 Å². The first-order chi connectivity index (χ1) is 17.1. The Bertz CT molecular complexity index is 1330. The van der Waals surface area contributed by atoms with Crippen molar-refractivity contribution in [1.82, 2.24) is 0 Å². The average molecular weight is 590 g/mol. The van der Waals surface area contributed by atoms with Crippen LogP contribution < -0.4 is 4.74 Å². The highest BCUT2D eigenvalue weighted by Crippen LogP contribution is 2.58. The van der Waals surface area contributed by atoms with Crippen LogP contribution in [-0.4, -0.2) is 6.61 Å². The maximum Gasteiger partial charge on any atom is 0.119 e. The Morgan fingerprint density at radius 2 is 1.46 bits per heavy atom. The molecule has 0 saturated heterocycles. The zero-order valence-corrected chi connectivity index (χ0v) is 23.5. The number of aryl methyl sites for hydroxylation is 1. The lowest BCUT2D eigenvalue weighted by atomic mass is 9.67. The van der Waals surface area contributed by atoms with E-state index in [1.807, 2.05) is 0 Å². The Morgan fingerprint density at radius 1 is 0.743 bits per heavy atom. The second-order valence-corrected chi connectivity index (χ2v) is 11.2. The monoisotopic (exact) mass is 588 g/mol. The van der Waals surface area contributed by atoms with E-state index in [2.05, 4.69) is 131 Å². The number of unbranched alkanes of at least 4 members (excludes halogenated alkanes) is 3. The minimum atomic E-state index is -0.411. The molecule has 0 radical (unpaired) electrons. The van der Waals surface area contributed by atoms with Crippen LogP contribution >= 0.6 is 31.9 Å². The van der Waals surface area contributed by atoms with E-state index in [1.165, 1.54) is 58.2 Å². The van der Waals surface area contributed by atoms with Crippen molar-refractivity contribution in [3.63, 3.8) is 0 Å². The lowest BCUT2D eigenvalue weighted by Gasteiger charge is -2.34. The Labute approximate surface area is 225 Å². The highest BCUT2D eigenvalue weighted by molar-refractivity contribution is 9.10. The van der Waals surface area contributed by atoms with E-state index in [1.54, 1.807) is 0 Å². The van der Waals surface area contributed by atoms with Crippen molar-refractivity contribution in [3.05, 3.63) is 122 Å². The molecule has 178 valence electrons. The molecule has 4 aromatic carbocycles. The van der Waals surface area contributed by atoms with Gasteiger partial charge in [0.25, 0.3) is 0 Å². The molecular weight excluding hydrogens is 560 g/mol. The van der Waals surface area contributed by atoms with E-state index in [-0.39, 0.29) is 0 Å². The standard InChI is InChI=1S/C32H30Br2O/c1-3-4-5-6-20-35-26-17-14-24(15-18-26)32(23-12-10-22(2)11-13-23)28-8-7-9-30(34)31(28)27-19-16-25(33)21-29(27)32/h7-19,21H,3-6,20H2,1-2H3. The molecular formula is C32H30Br2O. The molecule has 0 N–H and O–H groups in total. The number of benzene rings is 4. The number of halogens is 2. The quantitative estimate of drug-likeness (QED) is 0.164. The number of ether oxygens (including phenoxy) is 1. The van der Waals surface area contributed by atoms with Crippen LogP contribution in [0, 0.1) is 6.92 Å². The number of hydrogen-bond acceptors (Lipinski definition) is 1. The molecule has 0 amide bonds. The summed E-state index contributed by atoms with van der Waals surface area (Å²) in [5.41, 5.74) is 8.51. The smallest absolute Gasteiger partial charge is 0.119 e. The predicted octanol–water partition coefficient (Wildman–Crippen LogP) is 9.84. The second-order valence-electron chi connectivity index (χ2n) is 9.40. The Morgan fingerprint density at radius 3 is 2.17 bits per heavy atom. The van der Waals surface area contributed by atoms with E-state index in [0.717, 1.165) is 27.7 Å². The fraction of sp³-hybridized carbons (Fsp3) is 0.250. The summed E-state index contributed by atoms with van der Waals surface area (Å²) >= 11 is 7.63. The lowest BCUT2D eigenvalue weighted by Crippen LogP contribution is -2.28. The summed E-state index contributed by atoms with van der Waals surface area (Å²) in [4.78, 5) is 0. The van der Waals surface area contributed by atoms with Gasteiger partial charge in [-0.25, -0.2) is 0 Å². The first-order valence-electron chi connectivity index (χ1n) is 12.5. The number of fused-ring (bicyclic) bond motifs is 3. The molecule has 5 rings (SSSR count). The van der Waals surface area contributed by atoms with Crippen LogP contribution in [0.3, 0.4) is 0 Å². The molecule has 1 nitrogen and oxygen atoms in total. The van der Waals surface area contributed by atoms with Crippen molar-refractivity contribution in [2.24, 2.45) is 0 Å². The van der Waals surface area contributed by atoms with Crippen molar-refractivity contribution in [3.8, 4) is 16.9 Å². The van der Waals surface area contributed by atoms with Gasteiger partial charge in [0.1, 0.15) is 5.75 Å². The van der Waals surface area contributed by atoms with Gasteiger partial charge >= 0.3 is 0 Å². The van der Waals surface area contributed by atoms with Gasteiger partial charge in [-0.2, -0.15) is 0 Å². The Kier molecular flexibility index (Phi) is 7.18. The summed E-state index contributed by atoms with van der Waals surface area (Å²) in [5.74, 6) is 0.936. The van der Waals surface area contributed by atoms with Crippen LogP contribution in [-0.2, 0) is 5.41 Å². The minimum absolute atomic E-state index is 0.411. The van der Waals surface area contributed by atoms with Gasteiger partial charge in [-0.1, -0.05) is 118 Å². The van der Waals surface area contributed by atoms with E-state index in [0.29, 0.717) is 0 Å². The summed E-state index contributed by atoms with van der Waals surface area (Å²) in [6, 6.07) is 31.0. The molecule has 35 heavy (non-hydrogen) atoms. The molecule has 1 unspecified atom stereocenters. The third kappa shape index (κ3) is 4.38. The molecule has 4 aromatic rings. The van der Waals surface area contributed by atoms with E-state index in [9.17, 15) is 0 Å². The fourth-order valence-electron chi connectivity index (χ4n) is 5.41. The Balaban J connectivity index is 1.67. The highest BCUT2D eigenvalue weighted by atomic mass is 79.9. The summed E-state index contributed by atoms with van der Waals surface area (Å²) in [7, 11) is 0. The fourth-order valence-corrected chi connectivity index (χ4v) is 6.35. The third-order valence-electron chi connectivity index (χ3n) is 7.11. The topological polar surface area (TPSA) is 9.23 Å². The summed E-state index contributed by atoms with van der Waals surface area (Å²) in [5, 5.41) is 0. The van der Waals surface area contributed by atoms with Crippen LogP contribution in [0.5, 0.6) is 5.75 Å². The van der Waals surface area contributed by atoms with E-state index < -0.39 is 5.41 Å². The molecule has 0 aliphatic heterocycles. The maximum atomic E-state index is 6.09. The summed E-state index contributed by atoms with van der Waals surface area (Å²) in [6.45, 7) is 5.15. The second kappa shape index (κ2) is 10.3. The van der Waals surface area contributed by atoms with Crippen molar-refractivity contribution in [1.29, 1.82) is 0 Å². The lowest BCUT2D eigenvalue weighted by molar-refractivity contribution is 0.305. The van der Waals surface area contributed by atoms with Gasteiger partial charge in [-0.3, -0.25) is 0 Å². The van der Waals surface area contributed by atoms with Crippen LogP contribution in [0.2, 0.25) is 0 Å². The molecule has 0 aromatic heterocycles. The first kappa shape index (κ1) is 24.3. The van der Waals surface area contributed by atoms with Crippen molar-refractivity contribution in [2.45, 2.75) is 44.9 Å². The van der Waals surface area contributed by atoms with Crippen LogP contribution in [0.1, 0.15) is 60.4 Å². The number of rotatable bonds is 8. The normalized spacial score (nSPS) is 16.1. The van der Waals surface area contributed by atoms with Gasteiger partial charge in [0, 0.05) is 14.5 Å². The highest BCUT2D eigenvalue weighted by Gasteiger charge is 2.46. The zero-order valence-electron chi connectivity index (χ0n) is 20.3. The van der Waals surface area contributed by atoms with E-state index >= 15 is 0 Å². The van der Waals surface area contributed by atoms with E-state index in [4.69, 9.17) is 4.74 Å². The average Bonchev–Trinajstić information content (AvgIpc) is 3.16. The van der Waals surface area contributed by atoms with Crippen molar-refractivity contribution < 1.29 is 4.74 Å².